The molecule has 1 saturated heterocycles. The van der Waals surface area contributed by atoms with Gasteiger partial charge in [0.2, 0.25) is 0 Å². The first kappa shape index (κ1) is 16.1. The Balaban J connectivity index is 2.32. The fourth-order valence-corrected chi connectivity index (χ4v) is 2.49. The molecule has 1 aliphatic heterocycles. The number of nitrogens with zero attached hydrogens (tertiary/aromatic N) is 1. The van der Waals surface area contributed by atoms with Crippen molar-refractivity contribution < 1.29 is 14.7 Å². The van der Waals surface area contributed by atoms with Gasteiger partial charge in [0.1, 0.15) is 0 Å². The van der Waals surface area contributed by atoms with E-state index in [1.165, 1.54) is 0 Å². The summed E-state index contributed by atoms with van der Waals surface area (Å²) in [7, 11) is 0. The van der Waals surface area contributed by atoms with Crippen LogP contribution in [0.15, 0.2) is 0 Å². The minimum atomic E-state index is -0.754. The van der Waals surface area contributed by atoms with Crippen molar-refractivity contribution in [2.75, 3.05) is 25.9 Å². The van der Waals surface area contributed by atoms with Crippen LogP contribution in [0.25, 0.3) is 0 Å². The molecule has 2 amide bonds. The van der Waals surface area contributed by atoms with Gasteiger partial charge >= 0.3 is 12.0 Å². The van der Waals surface area contributed by atoms with Crippen LogP contribution in [-0.4, -0.2) is 53.1 Å². The van der Waals surface area contributed by atoms with Crippen LogP contribution < -0.4 is 5.32 Å². The molecule has 0 saturated carbocycles. The van der Waals surface area contributed by atoms with E-state index < -0.39 is 5.97 Å². The fraction of sp³-hybridized carbons (Fsp3) is 0.846. The molecule has 0 bridgehead atoms. The maximum atomic E-state index is 12.0. The molecular weight excluding hydrogens is 264 g/mol. The minimum absolute atomic E-state index is 0.0130. The average molecular weight is 288 g/mol. The van der Waals surface area contributed by atoms with Crippen LogP contribution >= 0.6 is 11.8 Å². The van der Waals surface area contributed by atoms with Crippen LogP contribution in [0.3, 0.4) is 0 Å². The smallest absolute Gasteiger partial charge is 0.317 e. The Kier molecular flexibility index (Phi) is 7.05. The lowest BCUT2D eigenvalue weighted by atomic mass is 9.93. The van der Waals surface area contributed by atoms with E-state index in [1.54, 1.807) is 11.8 Å². The highest BCUT2D eigenvalue weighted by Gasteiger charge is 2.23. The number of aliphatic carboxylic acids is 1. The number of piperidine rings is 1. The number of amides is 2. The zero-order valence-electron chi connectivity index (χ0n) is 11.7. The molecule has 6 heteroatoms. The van der Waals surface area contributed by atoms with Crippen molar-refractivity contribution in [3.05, 3.63) is 0 Å². The zero-order valence-corrected chi connectivity index (χ0v) is 12.5. The van der Waals surface area contributed by atoms with Crippen molar-refractivity contribution >= 4 is 23.8 Å². The lowest BCUT2D eigenvalue weighted by Gasteiger charge is -2.32. The van der Waals surface area contributed by atoms with E-state index in [1.807, 2.05) is 11.2 Å². The van der Waals surface area contributed by atoms with Gasteiger partial charge in [0.15, 0.2) is 0 Å². The van der Waals surface area contributed by atoms with Crippen LogP contribution in [0.1, 0.15) is 32.6 Å². The number of nitrogens with one attached hydrogen (secondary N) is 1. The largest absolute Gasteiger partial charge is 0.481 e. The predicted octanol–water partition coefficient (Wildman–Crippen LogP) is 2.02. The molecule has 1 aliphatic rings. The van der Waals surface area contributed by atoms with Crippen molar-refractivity contribution in [2.24, 2.45) is 5.92 Å². The normalized spacial score (nSPS) is 20.9. The van der Waals surface area contributed by atoms with Crippen LogP contribution in [0, 0.1) is 5.92 Å². The van der Waals surface area contributed by atoms with E-state index in [9.17, 15) is 9.59 Å². The van der Waals surface area contributed by atoms with E-state index >= 15 is 0 Å². The molecule has 110 valence electrons. The molecule has 2 unspecified atom stereocenters. The lowest BCUT2D eigenvalue weighted by molar-refractivity contribution is -0.137. The number of hydrogen-bond acceptors (Lipinski definition) is 3. The van der Waals surface area contributed by atoms with Crippen molar-refractivity contribution in [1.82, 2.24) is 10.2 Å². The summed E-state index contributed by atoms with van der Waals surface area (Å²) in [6, 6.07) is -0.0130. The second kappa shape index (κ2) is 8.30. The number of thioether (sulfide) groups is 1. The molecule has 0 aromatic heterocycles. The first-order valence-corrected chi connectivity index (χ1v) is 8.09. The van der Waals surface area contributed by atoms with Crippen LogP contribution in [0.4, 0.5) is 4.79 Å². The monoisotopic (exact) mass is 288 g/mol. The Labute approximate surface area is 119 Å². The SMILES string of the molecule is CSC(C)CNC(=O)N1CCCC(CCC(=O)O)C1. The summed E-state index contributed by atoms with van der Waals surface area (Å²) in [5.41, 5.74) is 0. The van der Waals surface area contributed by atoms with Gasteiger partial charge in [-0.15, -0.1) is 0 Å². The van der Waals surface area contributed by atoms with Gasteiger partial charge < -0.3 is 15.3 Å². The summed E-state index contributed by atoms with van der Waals surface area (Å²) in [4.78, 5) is 24.4. The molecule has 0 aromatic rings. The van der Waals surface area contributed by atoms with Crippen molar-refractivity contribution in [2.45, 2.75) is 37.9 Å². The third-order valence-electron chi connectivity index (χ3n) is 3.52. The summed E-state index contributed by atoms with van der Waals surface area (Å²) in [5.74, 6) is -0.427. The molecule has 19 heavy (non-hydrogen) atoms. The van der Waals surface area contributed by atoms with Gasteiger partial charge in [-0.25, -0.2) is 4.79 Å². The molecule has 0 aromatic carbocycles. The van der Waals surface area contributed by atoms with E-state index in [0.717, 1.165) is 19.4 Å². The quantitative estimate of drug-likeness (QED) is 0.784. The molecule has 1 fully saturated rings. The van der Waals surface area contributed by atoms with Crippen LogP contribution in [0.5, 0.6) is 0 Å². The van der Waals surface area contributed by atoms with Crippen LogP contribution in [0.2, 0.25) is 0 Å². The second-order valence-corrected chi connectivity index (χ2v) is 6.40. The number of hydrogen-bond donors (Lipinski definition) is 2. The number of carboxylic acids is 1. The van der Waals surface area contributed by atoms with Gasteiger partial charge in [-0.05, 0) is 31.4 Å². The fourth-order valence-electron chi connectivity index (χ4n) is 2.24. The molecule has 0 radical (unpaired) electrons. The molecule has 1 rings (SSSR count). The van der Waals surface area contributed by atoms with Crippen molar-refractivity contribution in [1.29, 1.82) is 0 Å². The summed E-state index contributed by atoms with van der Waals surface area (Å²) >= 11 is 1.73. The van der Waals surface area contributed by atoms with E-state index in [2.05, 4.69) is 12.2 Å². The Morgan fingerprint density at radius 2 is 2.26 bits per heavy atom. The van der Waals surface area contributed by atoms with E-state index in [-0.39, 0.29) is 12.5 Å². The summed E-state index contributed by atoms with van der Waals surface area (Å²) < 4.78 is 0. The molecule has 1 heterocycles. The van der Waals surface area contributed by atoms with Crippen molar-refractivity contribution in [3.8, 4) is 0 Å². The maximum Gasteiger partial charge on any atom is 0.317 e. The molecular formula is C13H24N2O3S. The second-order valence-electron chi connectivity index (χ2n) is 5.12. The highest BCUT2D eigenvalue weighted by atomic mass is 32.2. The Bertz CT molecular complexity index is 312. The zero-order chi connectivity index (χ0) is 14.3. The van der Waals surface area contributed by atoms with Gasteiger partial charge in [0.05, 0.1) is 0 Å². The average Bonchev–Trinajstić information content (AvgIpc) is 2.42. The number of urea groups is 1. The number of carbonyl (C=O) groups is 2. The standard InChI is InChI=1S/C13H24N2O3S/c1-10(19-2)8-14-13(18)15-7-3-4-11(9-15)5-6-12(16)17/h10-11H,3-9H2,1-2H3,(H,14,18)(H,16,17). The molecule has 2 atom stereocenters. The Hall–Kier alpha value is -0.910. The first-order chi connectivity index (χ1) is 9.02. The molecule has 2 N–H and O–H groups in total. The summed E-state index contributed by atoms with van der Waals surface area (Å²) in [6.07, 6.45) is 4.89. The predicted molar refractivity (Wildman–Crippen MR) is 77.5 cm³/mol. The van der Waals surface area contributed by atoms with E-state index in [0.29, 0.717) is 30.7 Å². The highest BCUT2D eigenvalue weighted by Crippen LogP contribution is 2.21. The lowest BCUT2D eigenvalue weighted by Crippen LogP contribution is -2.46. The van der Waals surface area contributed by atoms with Gasteiger partial charge in [-0.2, -0.15) is 11.8 Å². The number of rotatable bonds is 6. The van der Waals surface area contributed by atoms with Gasteiger partial charge in [-0.1, -0.05) is 6.92 Å². The van der Waals surface area contributed by atoms with Crippen LogP contribution in [-0.2, 0) is 4.79 Å². The van der Waals surface area contributed by atoms with Crippen molar-refractivity contribution in [3.63, 3.8) is 0 Å². The van der Waals surface area contributed by atoms with Gasteiger partial charge in [0.25, 0.3) is 0 Å². The first-order valence-electron chi connectivity index (χ1n) is 6.80. The molecule has 5 nitrogen and oxygen atoms in total. The highest BCUT2D eigenvalue weighted by molar-refractivity contribution is 7.99. The Morgan fingerprint density at radius 3 is 2.89 bits per heavy atom. The molecule has 0 spiro atoms. The number of likely N-dealkylation sites (tertiary alicyclic amines) is 1. The number of carboxylic acid groups (broad SMARTS) is 1. The maximum absolute atomic E-state index is 12.0. The van der Waals surface area contributed by atoms with Gasteiger partial charge in [0, 0.05) is 31.3 Å². The molecule has 0 aliphatic carbocycles. The van der Waals surface area contributed by atoms with Gasteiger partial charge in [-0.3, -0.25) is 4.79 Å². The summed E-state index contributed by atoms with van der Waals surface area (Å²) in [6.45, 7) is 4.23. The summed E-state index contributed by atoms with van der Waals surface area (Å²) in [5, 5.41) is 12.0. The van der Waals surface area contributed by atoms with E-state index in [4.69, 9.17) is 5.11 Å². The third-order valence-corrected chi connectivity index (χ3v) is 4.49. The third kappa shape index (κ3) is 6.18. The number of carbonyl (C=O) groups excluding carboxylic acids is 1. The Morgan fingerprint density at radius 1 is 1.53 bits per heavy atom. The minimum Gasteiger partial charge on any atom is -0.481 e. The topological polar surface area (TPSA) is 69.6 Å².